The Morgan fingerprint density at radius 3 is 2.48 bits per heavy atom. The summed E-state index contributed by atoms with van der Waals surface area (Å²) in [7, 11) is 1.40. The van der Waals surface area contributed by atoms with E-state index in [4.69, 9.17) is 14.2 Å². The summed E-state index contributed by atoms with van der Waals surface area (Å²) in [6.45, 7) is 8.66. The Balaban J connectivity index is 2.39. The first kappa shape index (κ1) is 29.8. The van der Waals surface area contributed by atoms with Gasteiger partial charge >= 0.3 is 5.97 Å². The van der Waals surface area contributed by atoms with Gasteiger partial charge in [0.15, 0.2) is 11.9 Å². The topological polar surface area (TPSA) is 61.8 Å². The largest absolute Gasteiger partial charge is 0.467 e. The number of carbonyl (C=O) groups is 2. The lowest BCUT2D eigenvalue weighted by atomic mass is 9.89. The molecule has 0 N–H and O–H groups in total. The Morgan fingerprint density at radius 2 is 1.79 bits per heavy atom. The Bertz CT molecular complexity index is 569. The Labute approximate surface area is 203 Å². The van der Waals surface area contributed by atoms with Gasteiger partial charge < -0.3 is 14.2 Å². The zero-order chi connectivity index (χ0) is 24.5. The van der Waals surface area contributed by atoms with Gasteiger partial charge in [0.1, 0.15) is 5.78 Å². The molecule has 1 aliphatic carbocycles. The quantitative estimate of drug-likeness (QED) is 0.0874. The van der Waals surface area contributed by atoms with Crippen LogP contribution in [0.3, 0.4) is 0 Å². The number of allylic oxidation sites excluding steroid dienone is 2. The van der Waals surface area contributed by atoms with Crippen molar-refractivity contribution in [2.24, 2.45) is 11.8 Å². The van der Waals surface area contributed by atoms with E-state index < -0.39 is 11.9 Å². The number of esters is 1. The molecule has 1 saturated carbocycles. The predicted molar refractivity (Wildman–Crippen MR) is 134 cm³/mol. The molecule has 0 radical (unpaired) electrons. The van der Waals surface area contributed by atoms with Crippen molar-refractivity contribution >= 4 is 11.8 Å². The first-order valence-corrected chi connectivity index (χ1v) is 13.4. The van der Waals surface area contributed by atoms with Gasteiger partial charge in [0.2, 0.25) is 0 Å². The maximum absolute atomic E-state index is 12.4. The van der Waals surface area contributed by atoms with Gasteiger partial charge in [-0.15, -0.1) is 0 Å². The highest BCUT2D eigenvalue weighted by molar-refractivity contribution is 5.83. The number of hydrogen-bond acceptors (Lipinski definition) is 5. The second-order valence-electron chi connectivity index (χ2n) is 9.92. The van der Waals surface area contributed by atoms with E-state index in [0.717, 1.165) is 57.8 Å². The van der Waals surface area contributed by atoms with E-state index in [2.05, 4.69) is 26.0 Å². The highest BCUT2D eigenvalue weighted by Gasteiger charge is 2.32. The van der Waals surface area contributed by atoms with E-state index in [-0.39, 0.29) is 11.9 Å². The van der Waals surface area contributed by atoms with E-state index in [1.54, 1.807) is 0 Å². The summed E-state index contributed by atoms with van der Waals surface area (Å²) >= 11 is 0. The standard InChI is InChI=1S/C28H50O5/c1-6-8-10-11-12-14-17-23-20-21-25(29)24(23)18-15-13-16-19-26(27(30)31-5)33-28(3,4)32-22-9-7-2/h14,17,23-24,26H,6-13,15-16,18-22H2,1-5H3/b17-14-/t23-,24+,26?/m0/s1. The average molecular weight is 467 g/mol. The molecule has 0 aromatic carbocycles. The molecule has 0 heterocycles. The highest BCUT2D eigenvalue weighted by atomic mass is 16.7. The first-order valence-electron chi connectivity index (χ1n) is 13.4. The van der Waals surface area contributed by atoms with Crippen molar-refractivity contribution < 1.29 is 23.8 Å². The summed E-state index contributed by atoms with van der Waals surface area (Å²) < 4.78 is 16.7. The average Bonchev–Trinajstić information content (AvgIpc) is 3.13. The van der Waals surface area contributed by atoms with E-state index in [0.29, 0.717) is 24.7 Å². The lowest BCUT2D eigenvalue weighted by molar-refractivity contribution is -0.242. The Hall–Kier alpha value is -1.20. The molecule has 1 fully saturated rings. The Morgan fingerprint density at radius 1 is 1.06 bits per heavy atom. The van der Waals surface area contributed by atoms with E-state index in [1.165, 1.54) is 32.8 Å². The molecule has 1 unspecified atom stereocenters. The van der Waals surface area contributed by atoms with Gasteiger partial charge in [0.05, 0.1) is 7.11 Å². The number of Topliss-reactive ketones (excluding diaryl/α,β-unsaturated/α-hetero) is 1. The zero-order valence-corrected chi connectivity index (χ0v) is 22.0. The van der Waals surface area contributed by atoms with Gasteiger partial charge in [0, 0.05) is 18.9 Å². The van der Waals surface area contributed by atoms with Crippen molar-refractivity contribution in [3.05, 3.63) is 12.2 Å². The maximum Gasteiger partial charge on any atom is 0.335 e. The maximum atomic E-state index is 12.4. The summed E-state index contributed by atoms with van der Waals surface area (Å²) in [5.74, 6) is -0.151. The number of carbonyl (C=O) groups excluding carboxylic acids is 2. The van der Waals surface area contributed by atoms with Gasteiger partial charge in [-0.3, -0.25) is 4.79 Å². The monoisotopic (exact) mass is 466 g/mol. The van der Waals surface area contributed by atoms with E-state index >= 15 is 0 Å². The number of hydrogen-bond donors (Lipinski definition) is 0. The fourth-order valence-corrected chi connectivity index (χ4v) is 4.57. The van der Waals surface area contributed by atoms with Gasteiger partial charge in [-0.1, -0.05) is 70.9 Å². The second-order valence-corrected chi connectivity index (χ2v) is 9.92. The third-order valence-electron chi connectivity index (χ3n) is 6.58. The fourth-order valence-electron chi connectivity index (χ4n) is 4.57. The van der Waals surface area contributed by atoms with Gasteiger partial charge in [-0.2, -0.15) is 0 Å². The molecule has 1 rings (SSSR count). The number of rotatable bonds is 19. The van der Waals surface area contributed by atoms with Crippen molar-refractivity contribution in [3.63, 3.8) is 0 Å². The van der Waals surface area contributed by atoms with Gasteiger partial charge in [0.25, 0.3) is 0 Å². The predicted octanol–water partition coefficient (Wildman–Crippen LogP) is 7.17. The van der Waals surface area contributed by atoms with Crippen LogP contribution in [0.25, 0.3) is 0 Å². The normalized spacial score (nSPS) is 20.0. The Kier molecular flexibility index (Phi) is 15.6. The van der Waals surface area contributed by atoms with Crippen LogP contribution in [0.5, 0.6) is 0 Å². The molecular formula is C28H50O5. The SMILES string of the molecule is CCCCCC/C=C\[C@H]1CCC(=O)[C@@H]1CCCCCC(OC(C)(C)OCCCC)C(=O)OC. The van der Waals surface area contributed by atoms with Crippen LogP contribution in [-0.4, -0.2) is 37.4 Å². The molecule has 0 aromatic rings. The lowest BCUT2D eigenvalue weighted by Gasteiger charge is -2.29. The summed E-state index contributed by atoms with van der Waals surface area (Å²) in [5.41, 5.74) is 0. The molecule has 0 bridgehead atoms. The van der Waals surface area contributed by atoms with Crippen LogP contribution in [-0.2, 0) is 23.8 Å². The second kappa shape index (κ2) is 17.3. The molecule has 0 aromatic heterocycles. The molecule has 33 heavy (non-hydrogen) atoms. The number of unbranched alkanes of at least 4 members (excludes halogenated alkanes) is 7. The minimum Gasteiger partial charge on any atom is -0.467 e. The molecule has 0 spiro atoms. The molecule has 1 aliphatic rings. The first-order chi connectivity index (χ1) is 15.8. The number of methoxy groups -OCH3 is 1. The van der Waals surface area contributed by atoms with E-state index in [1.807, 2.05) is 13.8 Å². The van der Waals surface area contributed by atoms with Gasteiger partial charge in [-0.05, 0) is 58.3 Å². The highest BCUT2D eigenvalue weighted by Crippen LogP contribution is 2.34. The summed E-state index contributed by atoms with van der Waals surface area (Å²) in [5, 5.41) is 0. The van der Waals surface area contributed by atoms with Crippen LogP contribution >= 0.6 is 0 Å². The molecule has 0 amide bonds. The summed E-state index contributed by atoms with van der Waals surface area (Å²) in [4.78, 5) is 24.6. The minimum absolute atomic E-state index is 0.176. The smallest absolute Gasteiger partial charge is 0.335 e. The molecule has 5 heteroatoms. The van der Waals surface area contributed by atoms with Crippen LogP contribution in [0.1, 0.15) is 118 Å². The van der Waals surface area contributed by atoms with Gasteiger partial charge in [-0.25, -0.2) is 4.79 Å². The molecule has 3 atom stereocenters. The lowest BCUT2D eigenvalue weighted by Crippen LogP contribution is -2.38. The molecule has 192 valence electrons. The third kappa shape index (κ3) is 12.7. The van der Waals surface area contributed by atoms with E-state index in [9.17, 15) is 9.59 Å². The van der Waals surface area contributed by atoms with Crippen molar-refractivity contribution in [1.82, 2.24) is 0 Å². The zero-order valence-electron chi connectivity index (χ0n) is 22.0. The molecule has 0 aliphatic heterocycles. The van der Waals surface area contributed by atoms with Crippen LogP contribution in [0.2, 0.25) is 0 Å². The molecule has 0 saturated heterocycles. The van der Waals surface area contributed by atoms with Crippen molar-refractivity contribution in [3.8, 4) is 0 Å². The minimum atomic E-state index is -0.819. The van der Waals surface area contributed by atoms with Crippen LogP contribution in [0.15, 0.2) is 12.2 Å². The molecular weight excluding hydrogens is 416 g/mol. The van der Waals surface area contributed by atoms with Crippen molar-refractivity contribution in [1.29, 1.82) is 0 Å². The summed E-state index contributed by atoms with van der Waals surface area (Å²) in [6.07, 6.45) is 18.4. The van der Waals surface area contributed by atoms with Crippen LogP contribution < -0.4 is 0 Å². The van der Waals surface area contributed by atoms with Crippen LogP contribution in [0.4, 0.5) is 0 Å². The van der Waals surface area contributed by atoms with Crippen molar-refractivity contribution in [2.45, 2.75) is 129 Å². The summed E-state index contributed by atoms with van der Waals surface area (Å²) in [6, 6.07) is 0. The number of ether oxygens (including phenoxy) is 3. The van der Waals surface area contributed by atoms with Crippen LogP contribution in [0, 0.1) is 11.8 Å². The number of ketones is 1. The molecule has 5 nitrogen and oxygen atoms in total. The third-order valence-corrected chi connectivity index (χ3v) is 6.58. The fraction of sp³-hybridized carbons (Fsp3) is 0.857. The van der Waals surface area contributed by atoms with Crippen molar-refractivity contribution in [2.75, 3.05) is 13.7 Å².